The Morgan fingerprint density at radius 2 is 2.43 bits per heavy atom. The Morgan fingerprint density at radius 1 is 1.50 bits per heavy atom. The Kier molecular flexibility index (Phi) is 2.72. The summed E-state index contributed by atoms with van der Waals surface area (Å²) in [5.74, 6) is 0.858. The largest absolute Gasteiger partial charge is 0.347 e. The van der Waals surface area contributed by atoms with Crippen molar-refractivity contribution in [2.45, 2.75) is 25.3 Å². The molecule has 74 valence electrons. The zero-order chi connectivity index (χ0) is 9.80. The Labute approximate surface area is 83.0 Å². The first-order valence-electron chi connectivity index (χ1n) is 4.90. The van der Waals surface area contributed by atoms with E-state index in [9.17, 15) is 4.79 Å². The smallest absolute Gasteiger partial charge is 0.142 e. The number of nitrogens with zero attached hydrogens (tertiary/aromatic N) is 3. The van der Waals surface area contributed by atoms with E-state index >= 15 is 0 Å². The molecular formula is C10H13N3O. The molecule has 2 rings (SSSR count). The molecule has 0 aliphatic carbocycles. The van der Waals surface area contributed by atoms with Crippen molar-refractivity contribution in [3.8, 4) is 0 Å². The molecule has 0 aromatic carbocycles. The maximum atomic E-state index is 10.9. The summed E-state index contributed by atoms with van der Waals surface area (Å²) in [4.78, 5) is 20.9. The van der Waals surface area contributed by atoms with Crippen LogP contribution in [-0.2, 0) is 4.79 Å². The van der Waals surface area contributed by atoms with Crippen molar-refractivity contribution in [3.63, 3.8) is 0 Å². The second kappa shape index (κ2) is 4.17. The third-order valence-corrected chi connectivity index (χ3v) is 2.57. The summed E-state index contributed by atoms with van der Waals surface area (Å²) in [6.07, 6.45) is 7.44. The molecule has 0 radical (unpaired) electrons. The average Bonchev–Trinajstić information content (AvgIpc) is 2.30. The van der Waals surface area contributed by atoms with Gasteiger partial charge in [0.2, 0.25) is 0 Å². The zero-order valence-electron chi connectivity index (χ0n) is 7.97. The highest BCUT2D eigenvalue weighted by Crippen LogP contribution is 2.20. The van der Waals surface area contributed by atoms with Crippen molar-refractivity contribution in [3.05, 3.63) is 18.6 Å². The lowest BCUT2D eigenvalue weighted by atomic mass is 10.0. The molecule has 1 aliphatic rings. The van der Waals surface area contributed by atoms with Crippen molar-refractivity contribution < 1.29 is 4.79 Å². The van der Waals surface area contributed by atoms with Gasteiger partial charge in [0.25, 0.3) is 0 Å². The first kappa shape index (κ1) is 9.12. The van der Waals surface area contributed by atoms with Crippen LogP contribution in [0, 0.1) is 0 Å². The summed E-state index contributed by atoms with van der Waals surface area (Å²) in [6.45, 7) is 0.917. The normalized spacial score (nSPS) is 22.0. The van der Waals surface area contributed by atoms with Crippen molar-refractivity contribution in [1.82, 2.24) is 9.97 Å². The number of aromatic nitrogens is 2. The van der Waals surface area contributed by atoms with Crippen molar-refractivity contribution in [2.75, 3.05) is 11.4 Å². The summed E-state index contributed by atoms with van der Waals surface area (Å²) in [5, 5.41) is 0. The Morgan fingerprint density at radius 3 is 3.14 bits per heavy atom. The molecule has 0 saturated carbocycles. The molecule has 1 atom stereocenters. The number of hydrogen-bond donors (Lipinski definition) is 0. The van der Waals surface area contributed by atoms with Gasteiger partial charge < -0.3 is 9.69 Å². The van der Waals surface area contributed by atoms with E-state index in [4.69, 9.17) is 0 Å². The number of hydrogen-bond acceptors (Lipinski definition) is 4. The zero-order valence-corrected chi connectivity index (χ0v) is 7.97. The number of piperidine rings is 1. The van der Waals surface area contributed by atoms with E-state index in [1.54, 1.807) is 6.20 Å². The second-order valence-corrected chi connectivity index (χ2v) is 3.46. The van der Waals surface area contributed by atoms with Crippen LogP contribution in [0.2, 0.25) is 0 Å². The van der Waals surface area contributed by atoms with Gasteiger partial charge >= 0.3 is 0 Å². The van der Waals surface area contributed by atoms with Gasteiger partial charge in [-0.05, 0) is 25.3 Å². The molecule has 1 unspecified atom stereocenters. The number of rotatable bonds is 2. The summed E-state index contributed by atoms with van der Waals surface area (Å²) in [5.41, 5.74) is 0. The van der Waals surface area contributed by atoms with Crippen LogP contribution in [0.1, 0.15) is 19.3 Å². The predicted octanol–water partition coefficient (Wildman–Crippen LogP) is 1.03. The topological polar surface area (TPSA) is 46.1 Å². The highest BCUT2D eigenvalue weighted by molar-refractivity contribution is 5.64. The van der Waals surface area contributed by atoms with Gasteiger partial charge in [-0.2, -0.15) is 0 Å². The minimum atomic E-state index is -0.00125. The fourth-order valence-corrected chi connectivity index (χ4v) is 1.84. The molecule has 0 bridgehead atoms. The lowest BCUT2D eigenvalue weighted by Crippen LogP contribution is -2.41. The molecule has 0 spiro atoms. The van der Waals surface area contributed by atoms with Gasteiger partial charge in [0.1, 0.15) is 18.4 Å². The summed E-state index contributed by atoms with van der Waals surface area (Å²) >= 11 is 0. The van der Waals surface area contributed by atoms with Crippen LogP contribution in [0.15, 0.2) is 18.6 Å². The fraction of sp³-hybridized carbons (Fsp3) is 0.500. The van der Waals surface area contributed by atoms with E-state index in [0.717, 1.165) is 37.9 Å². The molecule has 1 aromatic rings. The molecule has 1 fully saturated rings. The van der Waals surface area contributed by atoms with Crippen LogP contribution in [0.3, 0.4) is 0 Å². The van der Waals surface area contributed by atoms with Crippen LogP contribution < -0.4 is 4.90 Å². The Bertz CT molecular complexity index is 301. The highest BCUT2D eigenvalue weighted by Gasteiger charge is 2.22. The standard InChI is InChI=1S/C10H13N3O/c14-7-9-3-1-2-6-13(9)10-4-5-11-8-12-10/h4-5,7-9H,1-3,6H2. The second-order valence-electron chi connectivity index (χ2n) is 3.46. The van der Waals surface area contributed by atoms with Gasteiger partial charge in [-0.25, -0.2) is 9.97 Å². The minimum absolute atomic E-state index is 0.00125. The average molecular weight is 191 g/mol. The number of anilines is 1. The van der Waals surface area contributed by atoms with Crippen molar-refractivity contribution in [2.24, 2.45) is 0 Å². The van der Waals surface area contributed by atoms with Crippen molar-refractivity contribution >= 4 is 12.1 Å². The molecule has 1 aliphatic heterocycles. The number of aldehydes is 1. The maximum Gasteiger partial charge on any atom is 0.142 e. The maximum absolute atomic E-state index is 10.9. The molecule has 4 heteroatoms. The summed E-state index contributed by atoms with van der Waals surface area (Å²) in [7, 11) is 0. The van der Waals surface area contributed by atoms with E-state index in [0.29, 0.717) is 0 Å². The van der Waals surface area contributed by atoms with Gasteiger partial charge in [-0.3, -0.25) is 0 Å². The molecular weight excluding hydrogens is 178 g/mol. The highest BCUT2D eigenvalue weighted by atomic mass is 16.1. The van der Waals surface area contributed by atoms with Gasteiger partial charge in [-0.1, -0.05) is 0 Å². The van der Waals surface area contributed by atoms with Crippen LogP contribution >= 0.6 is 0 Å². The van der Waals surface area contributed by atoms with Gasteiger partial charge in [-0.15, -0.1) is 0 Å². The lowest BCUT2D eigenvalue weighted by molar-refractivity contribution is -0.109. The van der Waals surface area contributed by atoms with Crippen LogP contribution in [0.25, 0.3) is 0 Å². The molecule has 0 N–H and O–H groups in total. The van der Waals surface area contributed by atoms with E-state index in [2.05, 4.69) is 14.9 Å². The quantitative estimate of drug-likeness (QED) is 0.655. The Balaban J connectivity index is 2.19. The van der Waals surface area contributed by atoms with Crippen LogP contribution in [-0.4, -0.2) is 28.8 Å². The summed E-state index contributed by atoms with van der Waals surface area (Å²) in [6, 6.07) is 1.85. The van der Waals surface area contributed by atoms with Crippen molar-refractivity contribution in [1.29, 1.82) is 0 Å². The first-order valence-corrected chi connectivity index (χ1v) is 4.90. The molecule has 1 saturated heterocycles. The third-order valence-electron chi connectivity index (χ3n) is 2.57. The van der Waals surface area contributed by atoms with E-state index in [1.165, 1.54) is 6.33 Å². The van der Waals surface area contributed by atoms with E-state index < -0.39 is 0 Å². The fourth-order valence-electron chi connectivity index (χ4n) is 1.84. The van der Waals surface area contributed by atoms with E-state index in [-0.39, 0.29) is 6.04 Å². The molecule has 4 nitrogen and oxygen atoms in total. The van der Waals surface area contributed by atoms with E-state index in [1.807, 2.05) is 6.07 Å². The van der Waals surface area contributed by atoms with Gasteiger partial charge in [0.05, 0.1) is 6.04 Å². The molecule has 0 amide bonds. The third kappa shape index (κ3) is 1.73. The SMILES string of the molecule is O=CC1CCCCN1c1ccncn1. The first-order chi connectivity index (χ1) is 6.92. The predicted molar refractivity (Wildman–Crippen MR) is 53.1 cm³/mol. The lowest BCUT2D eigenvalue weighted by Gasteiger charge is -2.32. The molecule has 1 aromatic heterocycles. The van der Waals surface area contributed by atoms with Gasteiger partial charge in [0, 0.05) is 12.7 Å². The summed E-state index contributed by atoms with van der Waals surface area (Å²) < 4.78 is 0. The molecule has 14 heavy (non-hydrogen) atoms. The minimum Gasteiger partial charge on any atom is -0.347 e. The number of carbonyl (C=O) groups excluding carboxylic acids is 1. The van der Waals surface area contributed by atoms with Crippen LogP contribution in [0.4, 0.5) is 5.82 Å². The number of carbonyl (C=O) groups is 1. The van der Waals surface area contributed by atoms with Gasteiger partial charge in [0.15, 0.2) is 0 Å². The Hall–Kier alpha value is -1.45. The monoisotopic (exact) mass is 191 g/mol. The van der Waals surface area contributed by atoms with Crippen LogP contribution in [0.5, 0.6) is 0 Å². The molecule has 2 heterocycles.